The van der Waals surface area contributed by atoms with Gasteiger partial charge in [0.25, 0.3) is 0 Å². The molecule has 0 spiro atoms. The number of thiazole rings is 1. The Balaban J connectivity index is 2.46. The van der Waals surface area contributed by atoms with Gasteiger partial charge in [0.1, 0.15) is 11.9 Å². The average molecular weight is 162 g/mol. The van der Waals surface area contributed by atoms with Crippen LogP contribution < -0.4 is 0 Å². The quantitative estimate of drug-likeness (QED) is 0.636. The molecule has 3 nitrogen and oxygen atoms in total. The number of nitrogens with zero attached hydrogens (tertiary/aromatic N) is 3. The van der Waals surface area contributed by atoms with Crippen LogP contribution in [0.1, 0.15) is 0 Å². The Hall–Kier alpha value is -1.29. The van der Waals surface area contributed by atoms with E-state index >= 15 is 0 Å². The fourth-order valence-electron chi connectivity index (χ4n) is 0.733. The van der Waals surface area contributed by atoms with Crippen molar-refractivity contribution in [2.24, 2.45) is 0 Å². The molecular weight excluding hydrogens is 158 g/mol. The summed E-state index contributed by atoms with van der Waals surface area (Å²) in [7, 11) is 0. The monoisotopic (exact) mass is 162 g/mol. The maximum absolute atomic E-state index is 4.07. The van der Waals surface area contributed by atoms with Gasteiger partial charge in [-0.25, -0.2) is 0 Å². The predicted octanol–water partition coefficient (Wildman–Crippen LogP) is 1.40. The molecule has 2 heterocycles. The minimum absolute atomic E-state index is 0.853. The zero-order chi connectivity index (χ0) is 7.52. The molecule has 0 saturated carbocycles. The summed E-state index contributed by atoms with van der Waals surface area (Å²) in [6, 6.07) is 0. The summed E-state index contributed by atoms with van der Waals surface area (Å²) in [6.07, 6.45) is 7.62. The van der Waals surface area contributed by atoms with Crippen molar-refractivity contribution in [3.8, 4) is 10.6 Å². The standard InChI is InChI=1S/C7H4N3S/c1-2-10-6(3-8-1)7-4-9-5-11-7/h2-5H. The highest BCUT2D eigenvalue weighted by Crippen LogP contribution is 2.18. The van der Waals surface area contributed by atoms with Crippen LogP contribution in [0.25, 0.3) is 10.6 Å². The Bertz CT molecular complexity index is 317. The predicted molar refractivity (Wildman–Crippen MR) is 42.0 cm³/mol. The van der Waals surface area contributed by atoms with Gasteiger partial charge in [-0.2, -0.15) is 0 Å². The molecule has 2 rings (SSSR count). The number of aromatic nitrogens is 3. The molecule has 4 heteroatoms. The summed E-state index contributed by atoms with van der Waals surface area (Å²) in [5.74, 6) is 0. The van der Waals surface area contributed by atoms with Gasteiger partial charge in [0.2, 0.25) is 0 Å². The van der Waals surface area contributed by atoms with Crippen LogP contribution in [-0.4, -0.2) is 15.0 Å². The topological polar surface area (TPSA) is 38.7 Å². The molecule has 0 aliphatic heterocycles. The van der Waals surface area contributed by atoms with Crippen molar-refractivity contribution in [3.05, 3.63) is 30.3 Å². The highest BCUT2D eigenvalue weighted by atomic mass is 32.1. The van der Waals surface area contributed by atoms with Gasteiger partial charge in [-0.05, 0) is 0 Å². The third-order valence-electron chi connectivity index (χ3n) is 1.21. The molecule has 2 aromatic rings. The Morgan fingerprint density at radius 3 is 3.00 bits per heavy atom. The van der Waals surface area contributed by atoms with Crippen LogP contribution >= 0.6 is 11.3 Å². The first-order chi connectivity index (χ1) is 5.47. The highest BCUT2D eigenvalue weighted by Gasteiger charge is 1.98. The van der Waals surface area contributed by atoms with Gasteiger partial charge in [0, 0.05) is 6.20 Å². The molecule has 0 aromatic carbocycles. The van der Waals surface area contributed by atoms with Gasteiger partial charge in [-0.1, -0.05) is 0 Å². The van der Waals surface area contributed by atoms with Crippen LogP contribution in [-0.2, 0) is 0 Å². The van der Waals surface area contributed by atoms with Crippen LogP contribution in [0.5, 0.6) is 0 Å². The molecule has 0 saturated heterocycles. The first-order valence-corrected chi connectivity index (χ1v) is 3.92. The second-order valence-corrected chi connectivity index (χ2v) is 2.78. The molecule has 0 unspecified atom stereocenters. The molecule has 0 amide bonds. The third kappa shape index (κ3) is 1.25. The Morgan fingerprint density at radius 2 is 2.36 bits per heavy atom. The Labute approximate surface area is 67.8 Å². The average Bonchev–Trinajstić information content (AvgIpc) is 2.58. The third-order valence-corrected chi connectivity index (χ3v) is 2.00. The van der Waals surface area contributed by atoms with Gasteiger partial charge >= 0.3 is 0 Å². The van der Waals surface area contributed by atoms with E-state index in [1.165, 1.54) is 0 Å². The van der Waals surface area contributed by atoms with E-state index in [-0.39, 0.29) is 0 Å². The summed E-state index contributed by atoms with van der Waals surface area (Å²) in [5.41, 5.74) is 2.62. The van der Waals surface area contributed by atoms with Crippen LogP contribution in [0.2, 0.25) is 0 Å². The lowest BCUT2D eigenvalue weighted by atomic mass is 10.4. The van der Waals surface area contributed by atoms with Crippen LogP contribution in [0.15, 0.2) is 24.1 Å². The number of hydrogen-bond acceptors (Lipinski definition) is 4. The van der Waals surface area contributed by atoms with E-state index in [0.717, 1.165) is 10.6 Å². The van der Waals surface area contributed by atoms with E-state index in [1.54, 1.807) is 35.4 Å². The summed E-state index contributed by atoms with van der Waals surface area (Å²) in [6.45, 7) is 0. The van der Waals surface area contributed by atoms with Crippen molar-refractivity contribution >= 4 is 11.3 Å². The van der Waals surface area contributed by atoms with Crippen LogP contribution in [0.4, 0.5) is 0 Å². The Kier molecular flexibility index (Phi) is 1.61. The highest BCUT2D eigenvalue weighted by molar-refractivity contribution is 7.13. The maximum atomic E-state index is 4.07. The van der Waals surface area contributed by atoms with Gasteiger partial charge in [0.05, 0.1) is 22.8 Å². The largest absolute Gasteiger partial charge is 0.252 e. The lowest BCUT2D eigenvalue weighted by molar-refractivity contribution is 1.20. The summed E-state index contributed by atoms with van der Waals surface area (Å²) >= 11 is 1.55. The molecule has 0 aliphatic rings. The first kappa shape index (κ1) is 6.42. The second-order valence-electron chi connectivity index (χ2n) is 1.90. The molecule has 11 heavy (non-hydrogen) atoms. The number of hydrogen-bond donors (Lipinski definition) is 0. The normalized spacial score (nSPS) is 9.82. The van der Waals surface area contributed by atoms with Crippen molar-refractivity contribution < 1.29 is 0 Å². The van der Waals surface area contributed by atoms with Crippen LogP contribution in [0.3, 0.4) is 0 Å². The SMILES string of the molecule is [c]1cnc(-c2cncs2)cn1. The van der Waals surface area contributed by atoms with Crippen LogP contribution in [0, 0.1) is 6.20 Å². The molecule has 0 aliphatic carbocycles. The van der Waals surface area contributed by atoms with Gasteiger partial charge in [-0.3, -0.25) is 15.0 Å². The van der Waals surface area contributed by atoms with Gasteiger partial charge < -0.3 is 0 Å². The van der Waals surface area contributed by atoms with Crippen molar-refractivity contribution in [2.45, 2.75) is 0 Å². The molecular formula is C7H4N3S. The fourth-order valence-corrected chi connectivity index (χ4v) is 1.32. The van der Waals surface area contributed by atoms with E-state index in [4.69, 9.17) is 0 Å². The van der Waals surface area contributed by atoms with Gasteiger partial charge in [-0.15, -0.1) is 11.3 Å². The van der Waals surface area contributed by atoms with E-state index < -0.39 is 0 Å². The smallest absolute Gasteiger partial charge is 0.109 e. The first-order valence-electron chi connectivity index (χ1n) is 3.04. The maximum Gasteiger partial charge on any atom is 0.109 e. The summed E-state index contributed by atoms with van der Waals surface area (Å²) < 4.78 is 0. The molecule has 53 valence electrons. The van der Waals surface area contributed by atoms with Crippen molar-refractivity contribution in [2.75, 3.05) is 0 Å². The minimum atomic E-state index is 0.853. The van der Waals surface area contributed by atoms with Crippen molar-refractivity contribution in [3.63, 3.8) is 0 Å². The van der Waals surface area contributed by atoms with Crippen molar-refractivity contribution in [1.29, 1.82) is 0 Å². The molecule has 0 atom stereocenters. The van der Waals surface area contributed by atoms with Gasteiger partial charge in [0.15, 0.2) is 0 Å². The van der Waals surface area contributed by atoms with Crippen molar-refractivity contribution in [1.82, 2.24) is 15.0 Å². The second kappa shape index (κ2) is 2.75. The molecule has 0 N–H and O–H groups in total. The van der Waals surface area contributed by atoms with E-state index in [2.05, 4.69) is 21.1 Å². The van der Waals surface area contributed by atoms with E-state index in [0.29, 0.717) is 0 Å². The number of rotatable bonds is 1. The molecule has 0 bridgehead atoms. The lowest BCUT2D eigenvalue weighted by Crippen LogP contribution is -1.79. The summed E-state index contributed by atoms with van der Waals surface area (Å²) in [4.78, 5) is 12.9. The molecule has 0 fully saturated rings. The molecule has 2 aromatic heterocycles. The zero-order valence-electron chi connectivity index (χ0n) is 5.56. The Morgan fingerprint density at radius 1 is 1.36 bits per heavy atom. The van der Waals surface area contributed by atoms with E-state index in [1.807, 2.05) is 0 Å². The molecule has 1 radical (unpaired) electrons. The minimum Gasteiger partial charge on any atom is -0.252 e. The zero-order valence-corrected chi connectivity index (χ0v) is 6.38. The summed E-state index contributed by atoms with van der Waals surface area (Å²) in [5, 5.41) is 0. The lowest BCUT2D eigenvalue weighted by Gasteiger charge is -1.89. The van der Waals surface area contributed by atoms with E-state index in [9.17, 15) is 0 Å². The fraction of sp³-hybridized carbons (Fsp3) is 0.